The third-order valence-electron chi connectivity index (χ3n) is 5.05. The molecular weight excluding hydrogens is 404 g/mol. The molecule has 29 heavy (non-hydrogen) atoms. The predicted molar refractivity (Wildman–Crippen MR) is 123 cm³/mol. The first-order valence-corrected chi connectivity index (χ1v) is 11.4. The summed E-state index contributed by atoms with van der Waals surface area (Å²) in [5, 5.41) is 3.53. The summed E-state index contributed by atoms with van der Waals surface area (Å²) < 4.78 is 1.06. The van der Waals surface area contributed by atoms with Gasteiger partial charge in [0.25, 0.3) is 0 Å². The van der Waals surface area contributed by atoms with Crippen molar-refractivity contribution in [2.45, 2.75) is 39.0 Å². The largest absolute Gasteiger partial charge is 0.340 e. The minimum absolute atomic E-state index is 0.0577. The maximum atomic E-state index is 12.3. The number of carbonyl (C=O) groups is 2. The maximum Gasteiger partial charge on any atom is 0.240 e. The van der Waals surface area contributed by atoms with Gasteiger partial charge in [-0.15, -0.1) is 0 Å². The average molecular weight is 433 g/mol. The van der Waals surface area contributed by atoms with E-state index in [0.717, 1.165) is 53.9 Å². The summed E-state index contributed by atoms with van der Waals surface area (Å²) >= 11 is 6.56. The van der Waals surface area contributed by atoms with Crippen molar-refractivity contribution >= 4 is 55.6 Å². The van der Waals surface area contributed by atoms with Crippen LogP contribution in [0.3, 0.4) is 0 Å². The Balaban J connectivity index is 1.35. The molecule has 0 unspecified atom stereocenters. The minimum atomic E-state index is -0.0577. The third kappa shape index (κ3) is 6.83. The van der Waals surface area contributed by atoms with Crippen LogP contribution in [0.2, 0.25) is 0 Å². The first-order chi connectivity index (χ1) is 14.0. The fourth-order valence-electron chi connectivity index (χ4n) is 3.43. The summed E-state index contributed by atoms with van der Waals surface area (Å²) in [7, 11) is 0. The highest BCUT2D eigenvalue weighted by Crippen LogP contribution is 2.25. The average Bonchev–Trinajstić information content (AvgIpc) is 3.10. The molecule has 0 bridgehead atoms. The van der Waals surface area contributed by atoms with Crippen LogP contribution in [0.25, 0.3) is 10.2 Å². The molecule has 0 atom stereocenters. The minimum Gasteiger partial charge on any atom is -0.340 e. The van der Waals surface area contributed by atoms with Crippen LogP contribution in [0.1, 0.15) is 39.0 Å². The van der Waals surface area contributed by atoms with Gasteiger partial charge < -0.3 is 10.2 Å². The quantitative estimate of drug-likeness (QED) is 0.483. The number of nitrogens with one attached hydrogen (secondary N) is 1. The Labute approximate surface area is 181 Å². The number of thiocarbonyl (C=S) groups is 1. The van der Waals surface area contributed by atoms with Crippen LogP contribution in [-0.2, 0) is 9.59 Å². The Hall–Kier alpha value is -1.90. The molecule has 2 heterocycles. The number of aromatic nitrogens is 1. The fourth-order valence-corrected chi connectivity index (χ4v) is 4.45. The van der Waals surface area contributed by atoms with E-state index in [1.807, 2.05) is 36.1 Å². The monoisotopic (exact) mass is 432 g/mol. The van der Waals surface area contributed by atoms with Gasteiger partial charge in [-0.3, -0.25) is 14.5 Å². The molecule has 1 saturated heterocycles. The van der Waals surface area contributed by atoms with Gasteiger partial charge in [-0.25, -0.2) is 4.98 Å². The molecule has 0 aliphatic carbocycles. The van der Waals surface area contributed by atoms with Gasteiger partial charge in [-0.05, 0) is 43.2 Å². The van der Waals surface area contributed by atoms with Crippen LogP contribution in [0.5, 0.6) is 0 Å². The summed E-state index contributed by atoms with van der Waals surface area (Å²) in [6.07, 6.45) is 4.62. The molecule has 2 amide bonds. The van der Waals surface area contributed by atoms with Crippen LogP contribution in [0, 0.1) is 0 Å². The summed E-state index contributed by atoms with van der Waals surface area (Å²) in [5.74, 6) is 0.167. The number of anilines is 1. The number of carbonyl (C=O) groups excluding carboxylic acids is 2. The Morgan fingerprint density at radius 2 is 1.83 bits per heavy atom. The first kappa shape index (κ1) is 21.8. The number of rotatable bonds is 9. The molecule has 0 spiro atoms. The van der Waals surface area contributed by atoms with E-state index in [9.17, 15) is 9.59 Å². The van der Waals surface area contributed by atoms with Gasteiger partial charge in [0, 0.05) is 32.6 Å². The van der Waals surface area contributed by atoms with Crippen molar-refractivity contribution in [3.05, 3.63) is 24.3 Å². The molecular formula is C21H28N4O2S2. The molecule has 6 nitrogen and oxygen atoms in total. The van der Waals surface area contributed by atoms with Gasteiger partial charge in [0.2, 0.25) is 11.8 Å². The molecule has 1 fully saturated rings. The van der Waals surface area contributed by atoms with Gasteiger partial charge in [-0.1, -0.05) is 42.1 Å². The summed E-state index contributed by atoms with van der Waals surface area (Å²) in [5.41, 5.74) is 0.900. The van der Waals surface area contributed by atoms with Crippen molar-refractivity contribution in [3.8, 4) is 0 Å². The first-order valence-electron chi connectivity index (χ1n) is 10.2. The van der Waals surface area contributed by atoms with E-state index in [-0.39, 0.29) is 11.8 Å². The molecule has 2 aromatic rings. The number of unbranched alkanes of at least 4 members (excludes halogenated alkanes) is 2. The molecule has 0 saturated carbocycles. The second-order valence-electron chi connectivity index (χ2n) is 7.45. The molecule has 1 aliphatic rings. The van der Waals surface area contributed by atoms with E-state index in [2.05, 4.69) is 15.2 Å². The number of para-hydroxylation sites is 1. The van der Waals surface area contributed by atoms with Crippen LogP contribution in [-0.4, -0.2) is 64.2 Å². The SMILES string of the molecule is CC(=S)CCCCCC(=O)N1CCN(CC(=O)Nc2nc3ccccc3s2)CC1. The summed E-state index contributed by atoms with van der Waals surface area (Å²) in [6, 6.07) is 7.84. The number of benzene rings is 1. The molecule has 156 valence electrons. The Morgan fingerprint density at radius 1 is 1.10 bits per heavy atom. The van der Waals surface area contributed by atoms with E-state index < -0.39 is 0 Å². The second kappa shape index (κ2) is 10.8. The zero-order chi connectivity index (χ0) is 20.6. The van der Waals surface area contributed by atoms with E-state index >= 15 is 0 Å². The lowest BCUT2D eigenvalue weighted by Crippen LogP contribution is -2.50. The predicted octanol–water partition coefficient (Wildman–Crippen LogP) is 3.72. The molecule has 1 aliphatic heterocycles. The lowest BCUT2D eigenvalue weighted by Gasteiger charge is -2.34. The summed E-state index contributed by atoms with van der Waals surface area (Å²) in [6.45, 7) is 5.12. The highest BCUT2D eigenvalue weighted by Gasteiger charge is 2.22. The lowest BCUT2D eigenvalue weighted by molar-refractivity contribution is -0.133. The van der Waals surface area contributed by atoms with Crippen molar-refractivity contribution in [1.29, 1.82) is 0 Å². The topological polar surface area (TPSA) is 65.5 Å². The van der Waals surface area contributed by atoms with Crippen molar-refractivity contribution in [2.75, 3.05) is 38.0 Å². The fraction of sp³-hybridized carbons (Fsp3) is 0.524. The number of nitrogens with zero attached hydrogens (tertiary/aromatic N) is 3. The van der Waals surface area contributed by atoms with Gasteiger partial charge in [-0.2, -0.15) is 0 Å². The normalized spacial score (nSPS) is 14.9. The number of thiazole rings is 1. The van der Waals surface area contributed by atoms with E-state index in [0.29, 0.717) is 31.2 Å². The van der Waals surface area contributed by atoms with E-state index in [1.165, 1.54) is 11.3 Å². The van der Waals surface area contributed by atoms with Gasteiger partial charge in [0.05, 0.1) is 16.8 Å². The Kier molecular flexibility index (Phi) is 8.09. The smallest absolute Gasteiger partial charge is 0.240 e. The van der Waals surface area contributed by atoms with E-state index in [4.69, 9.17) is 12.2 Å². The number of hydrogen-bond donors (Lipinski definition) is 1. The molecule has 0 radical (unpaired) electrons. The van der Waals surface area contributed by atoms with Crippen molar-refractivity contribution in [1.82, 2.24) is 14.8 Å². The Bertz CT molecular complexity index is 826. The van der Waals surface area contributed by atoms with Crippen molar-refractivity contribution in [2.24, 2.45) is 0 Å². The van der Waals surface area contributed by atoms with Crippen molar-refractivity contribution in [3.63, 3.8) is 0 Å². The second-order valence-corrected chi connectivity index (χ2v) is 9.18. The molecule has 1 aromatic heterocycles. The van der Waals surface area contributed by atoms with Crippen LogP contribution < -0.4 is 5.32 Å². The highest BCUT2D eigenvalue weighted by molar-refractivity contribution is 7.80. The number of piperazine rings is 1. The van der Waals surface area contributed by atoms with Crippen molar-refractivity contribution < 1.29 is 9.59 Å². The summed E-state index contributed by atoms with van der Waals surface area (Å²) in [4.78, 5) is 34.2. The number of hydrogen-bond acceptors (Lipinski definition) is 6. The third-order valence-corrected chi connectivity index (χ3v) is 6.21. The molecule has 3 rings (SSSR count). The number of amides is 2. The van der Waals surface area contributed by atoms with Crippen LogP contribution >= 0.6 is 23.6 Å². The highest BCUT2D eigenvalue weighted by atomic mass is 32.1. The molecule has 1 N–H and O–H groups in total. The van der Waals surface area contributed by atoms with Gasteiger partial charge in [0.15, 0.2) is 5.13 Å². The Morgan fingerprint density at radius 3 is 2.55 bits per heavy atom. The zero-order valence-corrected chi connectivity index (χ0v) is 18.5. The van der Waals surface area contributed by atoms with Crippen LogP contribution in [0.15, 0.2) is 24.3 Å². The number of fused-ring (bicyclic) bond motifs is 1. The van der Waals surface area contributed by atoms with Gasteiger partial charge in [0.1, 0.15) is 0 Å². The van der Waals surface area contributed by atoms with Gasteiger partial charge >= 0.3 is 0 Å². The zero-order valence-electron chi connectivity index (χ0n) is 16.9. The molecule has 1 aromatic carbocycles. The van der Waals surface area contributed by atoms with Crippen LogP contribution in [0.4, 0.5) is 5.13 Å². The lowest BCUT2D eigenvalue weighted by atomic mass is 10.1. The standard InChI is InChI=1S/C21H28N4O2S2/c1-16(28)7-3-2-4-10-20(27)25-13-11-24(12-14-25)15-19(26)23-21-22-17-8-5-6-9-18(17)29-21/h5-6,8-9H,2-4,7,10-15H2,1H3,(H,22,23,26). The maximum absolute atomic E-state index is 12.3. The molecule has 8 heteroatoms. The van der Waals surface area contributed by atoms with E-state index in [1.54, 1.807) is 0 Å².